The molecule has 1 unspecified atom stereocenters. The van der Waals surface area contributed by atoms with E-state index in [-0.39, 0.29) is 36.9 Å². The summed E-state index contributed by atoms with van der Waals surface area (Å²) in [7, 11) is 0. The molecule has 0 aromatic carbocycles. The maximum absolute atomic E-state index is 12.3. The van der Waals surface area contributed by atoms with Crippen LogP contribution in [-0.2, 0) is 14.4 Å². The van der Waals surface area contributed by atoms with Crippen molar-refractivity contribution in [2.24, 2.45) is 5.92 Å². The minimum absolute atomic E-state index is 0.0332. The zero-order chi connectivity index (χ0) is 15.8. The quantitative estimate of drug-likeness (QED) is 0.685. The second kappa shape index (κ2) is 8.77. The van der Waals surface area contributed by atoms with E-state index in [2.05, 4.69) is 5.32 Å². The topological polar surface area (TPSA) is 69.7 Å². The summed E-state index contributed by atoms with van der Waals surface area (Å²) >= 11 is 0. The summed E-state index contributed by atoms with van der Waals surface area (Å²) < 4.78 is 0. The van der Waals surface area contributed by atoms with E-state index < -0.39 is 0 Å². The lowest BCUT2D eigenvalue weighted by molar-refractivity contribution is -0.137. The Morgan fingerprint density at radius 3 is 2.71 bits per heavy atom. The number of hydrogen-bond acceptors (Lipinski definition) is 4. The molecule has 1 aliphatic rings. The van der Waals surface area contributed by atoms with Crippen LogP contribution in [0.25, 0.3) is 0 Å². The van der Waals surface area contributed by atoms with Crippen LogP contribution in [0.2, 0.25) is 0 Å². The van der Waals surface area contributed by atoms with Gasteiger partial charge in [-0.25, -0.2) is 0 Å². The zero-order valence-electron chi connectivity index (χ0n) is 13.3. The minimum Gasteiger partial charge on any atom is -0.352 e. The monoisotopic (exact) mass is 297 g/mol. The first-order valence-corrected chi connectivity index (χ1v) is 7.71. The lowest BCUT2D eigenvalue weighted by Gasteiger charge is -2.31. The number of carbonyl (C=O) groups is 3. The zero-order valence-corrected chi connectivity index (χ0v) is 13.3. The number of hydrogen-bond donors (Lipinski definition) is 1. The molecule has 21 heavy (non-hydrogen) atoms. The second-order valence-corrected chi connectivity index (χ2v) is 5.90. The van der Waals surface area contributed by atoms with Crippen LogP contribution in [0, 0.1) is 5.92 Å². The Labute approximate surface area is 126 Å². The van der Waals surface area contributed by atoms with Crippen molar-refractivity contribution < 1.29 is 14.4 Å². The Balaban J connectivity index is 2.47. The summed E-state index contributed by atoms with van der Waals surface area (Å²) in [5, 5.41) is 2.79. The van der Waals surface area contributed by atoms with Gasteiger partial charge in [0, 0.05) is 25.0 Å². The standard InChI is InChI=1S/C15H27N3O3/c1-4-18(9-14(20)16-12(2)3)15(21)10-17-7-5-6-13(8-17)11-19/h11-13H,4-10H2,1-3H3,(H,16,20). The number of nitrogens with one attached hydrogen (secondary N) is 1. The van der Waals surface area contributed by atoms with Gasteiger partial charge in [-0.05, 0) is 40.2 Å². The molecule has 0 aliphatic carbocycles. The molecule has 120 valence electrons. The molecular weight excluding hydrogens is 270 g/mol. The molecule has 1 rings (SSSR count). The molecule has 6 nitrogen and oxygen atoms in total. The van der Waals surface area contributed by atoms with Crippen molar-refractivity contribution in [3.05, 3.63) is 0 Å². The van der Waals surface area contributed by atoms with Gasteiger partial charge in [0.2, 0.25) is 11.8 Å². The Morgan fingerprint density at radius 2 is 2.14 bits per heavy atom. The number of rotatable bonds is 7. The van der Waals surface area contributed by atoms with Crippen molar-refractivity contribution in [2.45, 2.75) is 39.7 Å². The van der Waals surface area contributed by atoms with Gasteiger partial charge in [-0.15, -0.1) is 0 Å². The van der Waals surface area contributed by atoms with E-state index in [0.717, 1.165) is 25.7 Å². The SMILES string of the molecule is CCN(CC(=O)NC(C)C)C(=O)CN1CCCC(C=O)C1. The summed E-state index contributed by atoms with van der Waals surface area (Å²) in [4.78, 5) is 38.4. The van der Waals surface area contributed by atoms with Crippen LogP contribution in [0.1, 0.15) is 33.6 Å². The van der Waals surface area contributed by atoms with Crippen LogP contribution in [0.15, 0.2) is 0 Å². The van der Waals surface area contributed by atoms with Gasteiger partial charge in [-0.2, -0.15) is 0 Å². The van der Waals surface area contributed by atoms with Crippen LogP contribution in [0.4, 0.5) is 0 Å². The van der Waals surface area contributed by atoms with Crippen molar-refractivity contribution >= 4 is 18.1 Å². The highest BCUT2D eigenvalue weighted by Crippen LogP contribution is 2.14. The number of amides is 2. The molecule has 1 heterocycles. The largest absolute Gasteiger partial charge is 0.352 e. The van der Waals surface area contributed by atoms with Crippen LogP contribution in [-0.4, -0.2) is 66.7 Å². The predicted molar refractivity (Wildman–Crippen MR) is 80.8 cm³/mol. The Hall–Kier alpha value is -1.43. The highest BCUT2D eigenvalue weighted by Gasteiger charge is 2.23. The van der Waals surface area contributed by atoms with Gasteiger partial charge in [0.25, 0.3) is 0 Å². The number of likely N-dealkylation sites (N-methyl/N-ethyl adjacent to an activating group) is 1. The molecule has 0 aromatic heterocycles. The summed E-state index contributed by atoms with van der Waals surface area (Å²) in [5.74, 6) is -0.154. The number of aldehydes is 1. The van der Waals surface area contributed by atoms with Crippen molar-refractivity contribution in [3.8, 4) is 0 Å². The molecule has 0 radical (unpaired) electrons. The summed E-state index contributed by atoms with van der Waals surface area (Å²) in [6, 6.07) is 0.0711. The normalized spacial score (nSPS) is 19.3. The molecule has 1 fully saturated rings. The van der Waals surface area contributed by atoms with Crippen LogP contribution in [0.3, 0.4) is 0 Å². The van der Waals surface area contributed by atoms with Gasteiger partial charge < -0.3 is 15.0 Å². The molecule has 1 aliphatic heterocycles. The molecule has 2 amide bonds. The first kappa shape index (κ1) is 17.6. The Morgan fingerprint density at radius 1 is 1.43 bits per heavy atom. The number of carbonyl (C=O) groups excluding carboxylic acids is 3. The Kier molecular flexibility index (Phi) is 7.36. The maximum atomic E-state index is 12.3. The third-order valence-corrected chi connectivity index (χ3v) is 3.61. The van der Waals surface area contributed by atoms with E-state index in [9.17, 15) is 14.4 Å². The summed E-state index contributed by atoms with van der Waals surface area (Å²) in [6.45, 7) is 8.02. The molecule has 0 aromatic rings. The fourth-order valence-corrected chi connectivity index (χ4v) is 2.55. The number of nitrogens with zero attached hydrogens (tertiary/aromatic N) is 2. The summed E-state index contributed by atoms with van der Waals surface area (Å²) in [5.41, 5.74) is 0. The average molecular weight is 297 g/mol. The van der Waals surface area contributed by atoms with Crippen LogP contribution >= 0.6 is 0 Å². The van der Waals surface area contributed by atoms with E-state index in [0.29, 0.717) is 13.1 Å². The third-order valence-electron chi connectivity index (χ3n) is 3.61. The number of piperidine rings is 1. The molecule has 1 N–H and O–H groups in total. The van der Waals surface area contributed by atoms with Crippen molar-refractivity contribution in [1.29, 1.82) is 0 Å². The maximum Gasteiger partial charge on any atom is 0.239 e. The molecule has 6 heteroatoms. The van der Waals surface area contributed by atoms with Gasteiger partial charge in [-0.1, -0.05) is 0 Å². The lowest BCUT2D eigenvalue weighted by Crippen LogP contribution is -2.48. The second-order valence-electron chi connectivity index (χ2n) is 5.90. The van der Waals surface area contributed by atoms with Crippen molar-refractivity contribution in [1.82, 2.24) is 15.1 Å². The molecule has 1 saturated heterocycles. The van der Waals surface area contributed by atoms with E-state index in [1.807, 2.05) is 25.7 Å². The number of likely N-dealkylation sites (tertiary alicyclic amines) is 1. The van der Waals surface area contributed by atoms with Crippen molar-refractivity contribution in [2.75, 3.05) is 32.7 Å². The van der Waals surface area contributed by atoms with E-state index in [4.69, 9.17) is 0 Å². The van der Waals surface area contributed by atoms with Crippen molar-refractivity contribution in [3.63, 3.8) is 0 Å². The van der Waals surface area contributed by atoms with Gasteiger partial charge in [0.1, 0.15) is 6.29 Å². The van der Waals surface area contributed by atoms with E-state index in [1.54, 1.807) is 4.90 Å². The first-order valence-electron chi connectivity index (χ1n) is 7.71. The molecule has 0 bridgehead atoms. The first-order chi connectivity index (χ1) is 9.96. The third kappa shape index (κ3) is 6.25. The van der Waals surface area contributed by atoms with Gasteiger partial charge in [0.15, 0.2) is 0 Å². The van der Waals surface area contributed by atoms with Gasteiger partial charge in [-0.3, -0.25) is 14.5 Å². The predicted octanol–water partition coefficient (Wildman–Crippen LogP) is 0.270. The molecule has 1 atom stereocenters. The highest BCUT2D eigenvalue weighted by atomic mass is 16.2. The molecule has 0 saturated carbocycles. The van der Waals surface area contributed by atoms with Gasteiger partial charge >= 0.3 is 0 Å². The fraction of sp³-hybridized carbons (Fsp3) is 0.800. The molecule has 0 spiro atoms. The highest BCUT2D eigenvalue weighted by molar-refractivity contribution is 5.85. The minimum atomic E-state index is -0.135. The molecular formula is C15H27N3O3. The average Bonchev–Trinajstić information content (AvgIpc) is 2.44. The van der Waals surface area contributed by atoms with E-state index >= 15 is 0 Å². The van der Waals surface area contributed by atoms with Crippen LogP contribution in [0.5, 0.6) is 0 Å². The lowest BCUT2D eigenvalue weighted by atomic mass is 10.00. The fourth-order valence-electron chi connectivity index (χ4n) is 2.55. The van der Waals surface area contributed by atoms with E-state index in [1.165, 1.54) is 0 Å². The smallest absolute Gasteiger partial charge is 0.239 e. The Bertz CT molecular complexity index is 371. The summed E-state index contributed by atoms with van der Waals surface area (Å²) in [6.07, 6.45) is 2.82. The van der Waals surface area contributed by atoms with Gasteiger partial charge in [0.05, 0.1) is 13.1 Å². The van der Waals surface area contributed by atoms with Crippen LogP contribution < -0.4 is 5.32 Å².